The number of hydrogen-bond donors (Lipinski definition) is 1. The fraction of sp³-hybridized carbons (Fsp3) is 0.148. The Bertz CT molecular complexity index is 1360. The van der Waals surface area contributed by atoms with Gasteiger partial charge in [0, 0.05) is 22.1 Å². The number of nitrogens with one attached hydrogen (secondary N) is 1. The minimum Gasteiger partial charge on any atom is -0.497 e. The Morgan fingerprint density at radius 3 is 2.41 bits per heavy atom. The molecule has 34 heavy (non-hydrogen) atoms. The smallest absolute Gasteiger partial charge is 0.272 e. The van der Waals surface area contributed by atoms with E-state index >= 15 is 0 Å². The van der Waals surface area contributed by atoms with E-state index in [-0.39, 0.29) is 5.91 Å². The Morgan fingerprint density at radius 1 is 0.941 bits per heavy atom. The number of hydrazone groups is 1. The van der Waals surface area contributed by atoms with Crippen molar-refractivity contribution in [2.75, 3.05) is 21.3 Å². The summed E-state index contributed by atoms with van der Waals surface area (Å²) in [6.07, 6.45) is 1.55. The molecule has 0 saturated carbocycles. The Balaban J connectivity index is 1.65. The highest BCUT2D eigenvalue weighted by Gasteiger charge is 2.14. The summed E-state index contributed by atoms with van der Waals surface area (Å²) in [5.41, 5.74) is 6.96. The highest BCUT2D eigenvalue weighted by molar-refractivity contribution is 6.07. The normalized spacial score (nSPS) is 10.9. The molecule has 4 rings (SSSR count). The van der Waals surface area contributed by atoms with Crippen LogP contribution in [0.3, 0.4) is 0 Å². The van der Waals surface area contributed by atoms with Gasteiger partial charge in [-0.05, 0) is 55.5 Å². The predicted molar refractivity (Wildman–Crippen MR) is 133 cm³/mol. The van der Waals surface area contributed by atoms with Gasteiger partial charge in [-0.2, -0.15) is 5.10 Å². The number of amides is 1. The van der Waals surface area contributed by atoms with Gasteiger partial charge in [0.05, 0.1) is 44.3 Å². The molecule has 1 amide bonds. The molecule has 1 N–H and O–H groups in total. The van der Waals surface area contributed by atoms with E-state index in [1.54, 1.807) is 33.6 Å². The van der Waals surface area contributed by atoms with Crippen LogP contribution >= 0.6 is 0 Å². The van der Waals surface area contributed by atoms with Crippen molar-refractivity contribution >= 4 is 23.0 Å². The molecule has 0 fully saturated rings. The molecule has 4 aromatic rings. The quantitative estimate of drug-likeness (QED) is 0.313. The Labute approximate surface area is 198 Å². The summed E-state index contributed by atoms with van der Waals surface area (Å²) in [6.45, 7) is 1.90. The van der Waals surface area contributed by atoms with Crippen molar-refractivity contribution in [3.8, 4) is 28.5 Å². The molecular weight excluding hydrogens is 430 g/mol. The summed E-state index contributed by atoms with van der Waals surface area (Å²) in [5.74, 6) is 1.76. The maximum atomic E-state index is 13.1. The van der Waals surface area contributed by atoms with Crippen LogP contribution in [0.1, 0.15) is 21.5 Å². The number of methoxy groups -OCH3 is 3. The van der Waals surface area contributed by atoms with Gasteiger partial charge in [-0.1, -0.05) is 18.2 Å². The first kappa shape index (κ1) is 22.8. The second-order valence-electron chi connectivity index (χ2n) is 7.52. The number of para-hydroxylation sites is 1. The van der Waals surface area contributed by atoms with Crippen molar-refractivity contribution < 1.29 is 19.0 Å². The Hall–Kier alpha value is -4.39. The van der Waals surface area contributed by atoms with Gasteiger partial charge < -0.3 is 14.2 Å². The van der Waals surface area contributed by atoms with Crippen LogP contribution in [-0.4, -0.2) is 38.4 Å². The highest BCUT2D eigenvalue weighted by Crippen LogP contribution is 2.30. The molecule has 0 aliphatic carbocycles. The molecule has 172 valence electrons. The number of benzene rings is 3. The van der Waals surface area contributed by atoms with Crippen LogP contribution in [0.5, 0.6) is 17.2 Å². The van der Waals surface area contributed by atoms with Gasteiger partial charge in [0.2, 0.25) is 0 Å². The van der Waals surface area contributed by atoms with Crippen LogP contribution in [0.15, 0.2) is 71.8 Å². The monoisotopic (exact) mass is 455 g/mol. The summed E-state index contributed by atoms with van der Waals surface area (Å²) < 4.78 is 16.1. The van der Waals surface area contributed by atoms with Crippen LogP contribution in [0.4, 0.5) is 0 Å². The molecule has 3 aromatic carbocycles. The van der Waals surface area contributed by atoms with E-state index in [2.05, 4.69) is 10.5 Å². The largest absolute Gasteiger partial charge is 0.497 e. The first-order valence-electron chi connectivity index (χ1n) is 10.6. The van der Waals surface area contributed by atoms with Gasteiger partial charge in [0.15, 0.2) is 0 Å². The molecule has 0 bridgehead atoms. The zero-order chi connectivity index (χ0) is 24.1. The molecule has 1 heterocycles. The number of nitrogens with zero attached hydrogens (tertiary/aromatic N) is 2. The summed E-state index contributed by atoms with van der Waals surface area (Å²) in [7, 11) is 4.81. The lowest BCUT2D eigenvalue weighted by Crippen LogP contribution is -2.18. The third-order valence-corrected chi connectivity index (χ3v) is 5.53. The van der Waals surface area contributed by atoms with Crippen LogP contribution in [-0.2, 0) is 0 Å². The van der Waals surface area contributed by atoms with E-state index < -0.39 is 0 Å². The van der Waals surface area contributed by atoms with E-state index in [1.165, 1.54) is 0 Å². The number of aromatic nitrogens is 1. The molecule has 7 nitrogen and oxygen atoms in total. The van der Waals surface area contributed by atoms with E-state index in [4.69, 9.17) is 19.2 Å². The average Bonchev–Trinajstić information content (AvgIpc) is 2.88. The zero-order valence-corrected chi connectivity index (χ0v) is 19.5. The first-order valence-corrected chi connectivity index (χ1v) is 10.6. The maximum absolute atomic E-state index is 13.1. The fourth-order valence-corrected chi connectivity index (χ4v) is 3.78. The zero-order valence-electron chi connectivity index (χ0n) is 19.5. The first-order chi connectivity index (χ1) is 16.5. The number of carbonyl (C=O) groups is 1. The molecule has 1 aromatic heterocycles. The van der Waals surface area contributed by atoms with Crippen molar-refractivity contribution in [2.45, 2.75) is 6.92 Å². The molecule has 0 atom stereocenters. The molecule has 0 unspecified atom stereocenters. The van der Waals surface area contributed by atoms with E-state index in [9.17, 15) is 4.79 Å². The van der Waals surface area contributed by atoms with Crippen molar-refractivity contribution in [1.29, 1.82) is 0 Å². The number of pyridine rings is 1. The number of carbonyl (C=O) groups excluding carboxylic acids is 1. The second-order valence-corrected chi connectivity index (χ2v) is 7.52. The molecule has 7 heteroatoms. The second kappa shape index (κ2) is 10.0. The van der Waals surface area contributed by atoms with Gasteiger partial charge in [-0.25, -0.2) is 10.4 Å². The van der Waals surface area contributed by atoms with Gasteiger partial charge >= 0.3 is 0 Å². The molecular formula is C27H25N3O4. The topological polar surface area (TPSA) is 82.0 Å². The van der Waals surface area contributed by atoms with Crippen LogP contribution in [0.25, 0.3) is 22.2 Å². The number of fused-ring (bicyclic) bond motifs is 1. The highest BCUT2D eigenvalue weighted by atomic mass is 16.5. The maximum Gasteiger partial charge on any atom is 0.272 e. The van der Waals surface area contributed by atoms with Crippen molar-refractivity contribution in [3.05, 3.63) is 83.4 Å². The van der Waals surface area contributed by atoms with Crippen molar-refractivity contribution in [1.82, 2.24) is 10.4 Å². The van der Waals surface area contributed by atoms with Crippen LogP contribution < -0.4 is 19.6 Å². The summed E-state index contributed by atoms with van der Waals surface area (Å²) >= 11 is 0. The third-order valence-electron chi connectivity index (χ3n) is 5.53. The van der Waals surface area contributed by atoms with Crippen molar-refractivity contribution in [2.24, 2.45) is 5.10 Å². The lowest BCUT2D eigenvalue weighted by molar-refractivity contribution is 0.0956. The van der Waals surface area contributed by atoms with Gasteiger partial charge in [-0.3, -0.25) is 4.79 Å². The predicted octanol–water partition coefficient (Wildman–Crippen LogP) is 5.00. The van der Waals surface area contributed by atoms with Crippen LogP contribution in [0.2, 0.25) is 0 Å². The van der Waals surface area contributed by atoms with Crippen molar-refractivity contribution in [3.63, 3.8) is 0 Å². The molecule has 0 aliphatic heterocycles. The third kappa shape index (κ3) is 4.54. The Morgan fingerprint density at radius 2 is 1.71 bits per heavy atom. The van der Waals surface area contributed by atoms with Gasteiger partial charge in [0.25, 0.3) is 5.91 Å². The number of ether oxygens (including phenoxy) is 3. The fourth-order valence-electron chi connectivity index (χ4n) is 3.78. The standard InChI is InChI=1S/C27H25N3O4/c1-17-25(33-3)14-11-19(26(17)34-4)16-28-30-27(31)22-15-24(18-9-12-20(32-2)13-10-18)29-23-8-6-5-7-21(22)23/h5-16H,1-4H3,(H,30,31)/b28-16+. The Kier molecular flexibility index (Phi) is 6.73. The average molecular weight is 456 g/mol. The summed E-state index contributed by atoms with van der Waals surface area (Å²) in [5, 5.41) is 4.91. The summed E-state index contributed by atoms with van der Waals surface area (Å²) in [6, 6.07) is 20.5. The molecule has 0 saturated heterocycles. The minimum atomic E-state index is -0.339. The molecule has 0 spiro atoms. The lowest BCUT2D eigenvalue weighted by Gasteiger charge is -2.12. The number of rotatable bonds is 7. The number of hydrogen-bond acceptors (Lipinski definition) is 6. The van der Waals surface area contributed by atoms with Gasteiger partial charge in [-0.15, -0.1) is 0 Å². The van der Waals surface area contributed by atoms with E-state index in [0.29, 0.717) is 22.8 Å². The van der Waals surface area contributed by atoms with Crippen LogP contribution in [0, 0.1) is 6.92 Å². The van der Waals surface area contributed by atoms with E-state index in [0.717, 1.165) is 33.3 Å². The summed E-state index contributed by atoms with van der Waals surface area (Å²) in [4.78, 5) is 17.9. The SMILES string of the molecule is COc1ccc(-c2cc(C(=O)N/N=C/c3ccc(OC)c(C)c3OC)c3ccccc3n2)cc1. The lowest BCUT2D eigenvalue weighted by atomic mass is 10.0. The molecule has 0 radical (unpaired) electrons. The van der Waals surface area contributed by atoms with E-state index in [1.807, 2.05) is 67.6 Å². The molecule has 0 aliphatic rings. The minimum absolute atomic E-state index is 0.339. The van der Waals surface area contributed by atoms with Gasteiger partial charge in [0.1, 0.15) is 17.2 Å².